The molecule has 1 saturated heterocycles. The van der Waals surface area contributed by atoms with Gasteiger partial charge in [-0.15, -0.1) is 0 Å². The standard InChI is InChI=1S/C23H25F3N4O/c1-27-20-9-2-3-10-21(20)30(22(27)31)12-5-4-11-28-13-15-29(16-14-28)19-8-6-7-18(17-19)23(24,25)26/h2-10,17H,11-16H2,1H3. The minimum Gasteiger partial charge on any atom is -0.369 e. The van der Waals surface area contributed by atoms with Gasteiger partial charge in [0.15, 0.2) is 0 Å². The number of piperazine rings is 1. The van der Waals surface area contributed by atoms with Crippen LogP contribution in [0, 0.1) is 0 Å². The van der Waals surface area contributed by atoms with E-state index >= 15 is 0 Å². The molecule has 31 heavy (non-hydrogen) atoms. The second-order valence-electron chi connectivity index (χ2n) is 7.75. The first-order valence-electron chi connectivity index (χ1n) is 10.3. The van der Waals surface area contributed by atoms with Gasteiger partial charge in [-0.05, 0) is 30.3 Å². The van der Waals surface area contributed by atoms with Gasteiger partial charge in [0.1, 0.15) is 0 Å². The lowest BCUT2D eigenvalue weighted by Crippen LogP contribution is -2.46. The fourth-order valence-corrected chi connectivity index (χ4v) is 4.01. The summed E-state index contributed by atoms with van der Waals surface area (Å²) in [6.45, 7) is 4.15. The van der Waals surface area contributed by atoms with Gasteiger partial charge in [-0.3, -0.25) is 14.0 Å². The summed E-state index contributed by atoms with van der Waals surface area (Å²) < 4.78 is 42.2. The third-order valence-corrected chi connectivity index (χ3v) is 5.78. The van der Waals surface area contributed by atoms with Crippen LogP contribution in [0.3, 0.4) is 0 Å². The first kappa shape index (κ1) is 21.2. The van der Waals surface area contributed by atoms with Crippen LogP contribution in [0.4, 0.5) is 18.9 Å². The quantitative estimate of drug-likeness (QED) is 0.579. The van der Waals surface area contributed by atoms with Gasteiger partial charge >= 0.3 is 11.9 Å². The zero-order valence-corrected chi connectivity index (χ0v) is 17.3. The predicted octanol–water partition coefficient (Wildman–Crippen LogP) is 3.74. The number of alkyl halides is 3. The Morgan fingerprint density at radius 1 is 0.903 bits per heavy atom. The molecule has 1 fully saturated rings. The average Bonchev–Trinajstić information content (AvgIpc) is 3.01. The molecule has 0 atom stereocenters. The highest BCUT2D eigenvalue weighted by molar-refractivity contribution is 5.75. The molecule has 0 bridgehead atoms. The van der Waals surface area contributed by atoms with Crippen molar-refractivity contribution in [1.29, 1.82) is 0 Å². The molecule has 0 unspecified atom stereocenters. The second kappa shape index (κ2) is 8.63. The van der Waals surface area contributed by atoms with Crippen LogP contribution >= 0.6 is 0 Å². The average molecular weight is 430 g/mol. The summed E-state index contributed by atoms with van der Waals surface area (Å²) >= 11 is 0. The number of hydrogen-bond donors (Lipinski definition) is 0. The summed E-state index contributed by atoms with van der Waals surface area (Å²) in [6, 6.07) is 13.2. The van der Waals surface area contributed by atoms with Crippen LogP contribution in [0.15, 0.2) is 65.5 Å². The molecule has 2 aromatic carbocycles. The highest BCUT2D eigenvalue weighted by Gasteiger charge is 2.31. The molecule has 164 valence electrons. The highest BCUT2D eigenvalue weighted by atomic mass is 19.4. The highest BCUT2D eigenvalue weighted by Crippen LogP contribution is 2.31. The van der Waals surface area contributed by atoms with E-state index in [0.29, 0.717) is 25.3 Å². The molecule has 0 amide bonds. The van der Waals surface area contributed by atoms with Gasteiger partial charge in [0.05, 0.1) is 16.6 Å². The van der Waals surface area contributed by atoms with Crippen LogP contribution in [0.1, 0.15) is 5.56 Å². The molecule has 1 aliphatic heterocycles. The van der Waals surface area contributed by atoms with Gasteiger partial charge in [-0.25, -0.2) is 4.79 Å². The number of imidazole rings is 1. The molecule has 2 heterocycles. The molecule has 0 N–H and O–H groups in total. The second-order valence-corrected chi connectivity index (χ2v) is 7.75. The molecule has 8 heteroatoms. The first-order chi connectivity index (χ1) is 14.8. The first-order valence-corrected chi connectivity index (χ1v) is 10.3. The Labute approximate surface area is 178 Å². The molecular formula is C23H25F3N4O. The predicted molar refractivity (Wildman–Crippen MR) is 116 cm³/mol. The molecule has 0 aliphatic carbocycles. The Morgan fingerprint density at radius 2 is 1.58 bits per heavy atom. The van der Waals surface area contributed by atoms with E-state index in [1.165, 1.54) is 12.1 Å². The van der Waals surface area contributed by atoms with Crippen molar-refractivity contribution in [3.05, 3.63) is 76.7 Å². The van der Waals surface area contributed by atoms with Crippen molar-refractivity contribution in [2.24, 2.45) is 7.05 Å². The van der Waals surface area contributed by atoms with E-state index in [2.05, 4.69) is 4.90 Å². The zero-order chi connectivity index (χ0) is 22.0. The number of halogens is 3. The lowest BCUT2D eigenvalue weighted by molar-refractivity contribution is -0.137. The minimum atomic E-state index is -4.32. The third kappa shape index (κ3) is 4.54. The van der Waals surface area contributed by atoms with Crippen molar-refractivity contribution in [2.75, 3.05) is 37.6 Å². The maximum absolute atomic E-state index is 12.9. The van der Waals surface area contributed by atoms with Crippen LogP contribution in [0.25, 0.3) is 11.0 Å². The number of allylic oxidation sites excluding steroid dienone is 1. The molecule has 5 nitrogen and oxygen atoms in total. The van der Waals surface area contributed by atoms with Crippen LogP contribution in [-0.4, -0.2) is 46.8 Å². The number of anilines is 1. The Bertz CT molecular complexity index is 1140. The number of rotatable bonds is 5. The van der Waals surface area contributed by atoms with E-state index in [4.69, 9.17) is 0 Å². The van der Waals surface area contributed by atoms with Gasteiger partial charge in [-0.1, -0.05) is 30.4 Å². The number of aromatic nitrogens is 2. The van der Waals surface area contributed by atoms with Crippen molar-refractivity contribution in [3.63, 3.8) is 0 Å². The lowest BCUT2D eigenvalue weighted by atomic mass is 10.1. The summed E-state index contributed by atoms with van der Waals surface area (Å²) in [4.78, 5) is 16.7. The maximum Gasteiger partial charge on any atom is 0.416 e. The van der Waals surface area contributed by atoms with E-state index in [9.17, 15) is 18.0 Å². The summed E-state index contributed by atoms with van der Waals surface area (Å²) in [6.07, 6.45) is -0.282. The summed E-state index contributed by atoms with van der Waals surface area (Å²) in [5.74, 6) is 0. The molecule has 0 radical (unpaired) electrons. The van der Waals surface area contributed by atoms with Gasteiger partial charge in [0.2, 0.25) is 0 Å². The smallest absolute Gasteiger partial charge is 0.369 e. The molecule has 4 rings (SSSR count). The number of para-hydroxylation sites is 2. The summed E-state index contributed by atoms with van der Waals surface area (Å²) in [5.41, 5.74) is 1.78. The molecule has 1 aromatic heterocycles. The van der Waals surface area contributed by atoms with Crippen LogP contribution < -0.4 is 10.6 Å². The minimum absolute atomic E-state index is 0.0412. The topological polar surface area (TPSA) is 33.4 Å². The normalized spacial score (nSPS) is 15.9. The SMILES string of the molecule is Cn1c(=O)n(CC=CCN2CCN(c3cccc(C(F)(F)F)c3)CC2)c2ccccc21. The molecule has 3 aromatic rings. The third-order valence-electron chi connectivity index (χ3n) is 5.78. The zero-order valence-electron chi connectivity index (χ0n) is 17.3. The molecule has 1 aliphatic rings. The van der Waals surface area contributed by atoms with Crippen LogP contribution in [-0.2, 0) is 19.8 Å². The van der Waals surface area contributed by atoms with Crippen molar-refractivity contribution in [3.8, 4) is 0 Å². The van der Waals surface area contributed by atoms with Crippen molar-refractivity contribution in [2.45, 2.75) is 12.7 Å². The fourth-order valence-electron chi connectivity index (χ4n) is 4.01. The van der Waals surface area contributed by atoms with Gasteiger partial charge in [-0.2, -0.15) is 13.2 Å². The Hall–Kier alpha value is -3.00. The Morgan fingerprint density at radius 3 is 2.29 bits per heavy atom. The van der Waals surface area contributed by atoms with Crippen molar-refractivity contribution < 1.29 is 13.2 Å². The number of aryl methyl sites for hydroxylation is 1. The maximum atomic E-state index is 12.9. The molecular weight excluding hydrogens is 405 g/mol. The van der Waals surface area contributed by atoms with Gasteiger partial charge in [0.25, 0.3) is 0 Å². The summed E-state index contributed by atoms with van der Waals surface area (Å²) in [7, 11) is 1.77. The largest absolute Gasteiger partial charge is 0.416 e. The fraction of sp³-hybridized carbons (Fsp3) is 0.348. The monoisotopic (exact) mass is 430 g/mol. The number of benzene rings is 2. The van der Waals surface area contributed by atoms with Crippen molar-refractivity contribution in [1.82, 2.24) is 14.0 Å². The number of fused-ring (bicyclic) bond motifs is 1. The van der Waals surface area contributed by atoms with Crippen molar-refractivity contribution >= 4 is 16.7 Å². The van der Waals surface area contributed by atoms with Crippen LogP contribution in [0.5, 0.6) is 0 Å². The Kier molecular flexibility index (Phi) is 5.91. The molecule has 0 saturated carbocycles. The molecule has 0 spiro atoms. The van der Waals surface area contributed by atoms with Gasteiger partial charge < -0.3 is 4.90 Å². The van der Waals surface area contributed by atoms with E-state index < -0.39 is 11.7 Å². The number of nitrogens with zero attached hydrogens (tertiary/aromatic N) is 4. The lowest BCUT2D eigenvalue weighted by Gasteiger charge is -2.35. The van der Waals surface area contributed by atoms with E-state index in [1.807, 2.05) is 41.3 Å². The van der Waals surface area contributed by atoms with E-state index in [0.717, 1.165) is 36.7 Å². The van der Waals surface area contributed by atoms with E-state index in [-0.39, 0.29) is 5.69 Å². The Balaban J connectivity index is 1.32. The van der Waals surface area contributed by atoms with E-state index in [1.54, 1.807) is 22.2 Å². The summed E-state index contributed by atoms with van der Waals surface area (Å²) in [5, 5.41) is 0. The van der Waals surface area contributed by atoms with Crippen LogP contribution in [0.2, 0.25) is 0 Å². The number of hydrogen-bond acceptors (Lipinski definition) is 3. The van der Waals surface area contributed by atoms with Gasteiger partial charge in [0, 0.05) is 52.0 Å².